The fourth-order valence-corrected chi connectivity index (χ4v) is 3.29. The molecule has 17 heavy (non-hydrogen) atoms. The number of carboxylic acid groups (broad SMARTS) is 1. The van der Waals surface area contributed by atoms with E-state index in [1.807, 2.05) is 0 Å². The van der Waals surface area contributed by atoms with Crippen LogP contribution in [0.4, 0.5) is 0 Å². The van der Waals surface area contributed by atoms with Crippen LogP contribution >= 0.6 is 11.3 Å². The third-order valence-corrected chi connectivity index (χ3v) is 4.84. The lowest BCUT2D eigenvalue weighted by atomic mass is 10.3. The third-order valence-electron chi connectivity index (χ3n) is 1.94. The molecule has 1 aromatic heterocycles. The first kappa shape index (κ1) is 14.1. The van der Waals surface area contributed by atoms with E-state index in [1.165, 1.54) is 5.38 Å². The number of nitrogens with one attached hydrogen (secondary N) is 1. The maximum atomic E-state index is 11.7. The van der Waals surface area contributed by atoms with Crippen LogP contribution in [0.5, 0.6) is 0 Å². The molecule has 1 heterocycles. The Hall–Kier alpha value is -0.960. The topological polar surface area (TPSA) is 104 Å². The maximum absolute atomic E-state index is 11.7. The molecule has 1 aromatic rings. The molecule has 1 rings (SSSR count). The van der Waals surface area contributed by atoms with E-state index in [9.17, 15) is 13.2 Å². The van der Waals surface area contributed by atoms with Gasteiger partial charge < -0.3 is 10.2 Å². The molecule has 1 atom stereocenters. The lowest BCUT2D eigenvalue weighted by Crippen LogP contribution is -2.26. The van der Waals surface area contributed by atoms with E-state index < -0.39 is 22.1 Å². The van der Waals surface area contributed by atoms with Gasteiger partial charge in [0, 0.05) is 11.9 Å². The molecule has 0 bridgehead atoms. The normalized spacial score (nSPS) is 13.5. The van der Waals surface area contributed by atoms with Gasteiger partial charge in [-0.15, -0.1) is 11.3 Å². The minimum Gasteiger partial charge on any atom is -0.478 e. The number of carboxylic acids is 1. The number of sulfonamides is 1. The van der Waals surface area contributed by atoms with Crippen LogP contribution in [-0.4, -0.2) is 37.2 Å². The van der Waals surface area contributed by atoms with E-state index in [0.29, 0.717) is 6.42 Å². The number of aliphatic hydroxyl groups excluding tert-OH is 1. The Morgan fingerprint density at radius 1 is 1.59 bits per heavy atom. The van der Waals surface area contributed by atoms with Crippen molar-refractivity contribution >= 4 is 27.3 Å². The van der Waals surface area contributed by atoms with Crippen LogP contribution in [0.3, 0.4) is 0 Å². The Morgan fingerprint density at radius 2 is 2.24 bits per heavy atom. The number of hydrogen-bond acceptors (Lipinski definition) is 5. The summed E-state index contributed by atoms with van der Waals surface area (Å²) in [5, 5.41) is 18.9. The van der Waals surface area contributed by atoms with E-state index >= 15 is 0 Å². The van der Waals surface area contributed by atoms with Crippen LogP contribution < -0.4 is 4.72 Å². The summed E-state index contributed by atoms with van der Waals surface area (Å²) >= 11 is 0.850. The van der Waals surface area contributed by atoms with E-state index in [1.54, 1.807) is 6.92 Å². The lowest BCUT2D eigenvalue weighted by molar-refractivity contribution is 0.0697. The van der Waals surface area contributed by atoms with Crippen molar-refractivity contribution in [1.82, 2.24) is 4.72 Å². The highest BCUT2D eigenvalue weighted by atomic mass is 32.2. The molecule has 3 N–H and O–H groups in total. The van der Waals surface area contributed by atoms with Crippen LogP contribution in [0, 0.1) is 0 Å². The monoisotopic (exact) mass is 279 g/mol. The smallest absolute Gasteiger partial charge is 0.336 e. The molecule has 6 nitrogen and oxygen atoms in total. The molecule has 0 aliphatic heterocycles. The minimum absolute atomic E-state index is 0.0412. The zero-order valence-electron chi connectivity index (χ0n) is 9.08. The first-order chi connectivity index (χ1) is 7.83. The molecule has 0 saturated heterocycles. The van der Waals surface area contributed by atoms with Gasteiger partial charge in [-0.2, -0.15) is 0 Å². The van der Waals surface area contributed by atoms with Crippen LogP contribution in [0.2, 0.25) is 0 Å². The second kappa shape index (κ2) is 5.58. The molecule has 8 heteroatoms. The van der Waals surface area contributed by atoms with Crippen molar-refractivity contribution in [3.63, 3.8) is 0 Å². The summed E-state index contributed by atoms with van der Waals surface area (Å²) in [7, 11) is -3.67. The molecule has 0 aliphatic carbocycles. The summed E-state index contributed by atoms with van der Waals surface area (Å²) in [6, 6.07) is 1.11. The van der Waals surface area contributed by atoms with Crippen LogP contribution in [-0.2, 0) is 10.0 Å². The van der Waals surface area contributed by atoms with Crippen molar-refractivity contribution in [3.8, 4) is 0 Å². The third kappa shape index (κ3) is 4.08. The van der Waals surface area contributed by atoms with Gasteiger partial charge in [0.1, 0.15) is 4.21 Å². The van der Waals surface area contributed by atoms with E-state index in [4.69, 9.17) is 10.2 Å². The fraction of sp³-hybridized carbons (Fsp3) is 0.444. The van der Waals surface area contributed by atoms with Crippen molar-refractivity contribution in [2.75, 3.05) is 6.54 Å². The predicted octanol–water partition coefficient (Wildman–Crippen LogP) is 0.496. The summed E-state index contributed by atoms with van der Waals surface area (Å²) in [6.45, 7) is 1.67. The quantitative estimate of drug-likeness (QED) is 0.703. The number of hydrogen-bond donors (Lipinski definition) is 3. The Kier molecular flexibility index (Phi) is 4.63. The number of rotatable bonds is 6. The van der Waals surface area contributed by atoms with Crippen LogP contribution in [0.15, 0.2) is 15.7 Å². The molecule has 0 radical (unpaired) electrons. The Bertz CT molecular complexity index is 491. The highest BCUT2D eigenvalue weighted by Gasteiger charge is 2.18. The first-order valence-corrected chi connectivity index (χ1v) is 7.19. The second-order valence-corrected chi connectivity index (χ2v) is 6.40. The zero-order chi connectivity index (χ0) is 13.1. The lowest BCUT2D eigenvalue weighted by Gasteiger charge is -2.05. The molecule has 0 aromatic carbocycles. The number of carbonyl (C=O) groups is 1. The highest BCUT2D eigenvalue weighted by Crippen LogP contribution is 2.19. The Labute approximate surface area is 103 Å². The van der Waals surface area contributed by atoms with Crippen molar-refractivity contribution < 1.29 is 23.4 Å². The van der Waals surface area contributed by atoms with Gasteiger partial charge >= 0.3 is 5.97 Å². The average molecular weight is 279 g/mol. The molecule has 0 aliphatic rings. The van der Waals surface area contributed by atoms with Gasteiger partial charge in [-0.3, -0.25) is 0 Å². The number of thiophene rings is 1. The molecule has 0 saturated carbocycles. The Balaban J connectivity index is 2.72. The fourth-order valence-electron chi connectivity index (χ4n) is 1.04. The summed E-state index contributed by atoms with van der Waals surface area (Å²) in [5.41, 5.74) is -0.0501. The highest BCUT2D eigenvalue weighted by molar-refractivity contribution is 7.91. The SMILES string of the molecule is CC(O)CCNS(=O)(=O)c1cc(C(=O)O)cs1. The molecule has 0 spiro atoms. The predicted molar refractivity (Wildman–Crippen MR) is 62.8 cm³/mol. The van der Waals surface area contributed by atoms with Gasteiger partial charge in [-0.25, -0.2) is 17.9 Å². The summed E-state index contributed by atoms with van der Waals surface area (Å²) < 4.78 is 25.6. The van der Waals surface area contributed by atoms with Crippen molar-refractivity contribution in [1.29, 1.82) is 0 Å². The average Bonchev–Trinajstić information content (AvgIpc) is 2.65. The molecule has 96 valence electrons. The molecule has 0 amide bonds. The first-order valence-electron chi connectivity index (χ1n) is 4.82. The summed E-state index contributed by atoms with van der Waals surface area (Å²) in [5.74, 6) is -1.16. The molecule has 1 unspecified atom stereocenters. The van der Waals surface area contributed by atoms with Gasteiger partial charge in [-0.1, -0.05) is 0 Å². The second-order valence-electron chi connectivity index (χ2n) is 3.50. The van der Waals surface area contributed by atoms with Gasteiger partial charge in [0.25, 0.3) is 0 Å². The Morgan fingerprint density at radius 3 is 2.71 bits per heavy atom. The maximum Gasteiger partial charge on any atom is 0.336 e. The van der Waals surface area contributed by atoms with Gasteiger partial charge in [0.05, 0.1) is 11.7 Å². The number of aromatic carboxylic acids is 1. The largest absolute Gasteiger partial charge is 0.478 e. The van der Waals surface area contributed by atoms with Crippen LogP contribution in [0.1, 0.15) is 23.7 Å². The molecular weight excluding hydrogens is 266 g/mol. The zero-order valence-corrected chi connectivity index (χ0v) is 10.7. The van der Waals surface area contributed by atoms with E-state index in [0.717, 1.165) is 17.4 Å². The van der Waals surface area contributed by atoms with Gasteiger partial charge in [0.15, 0.2) is 0 Å². The minimum atomic E-state index is -3.67. The molecule has 0 fully saturated rings. The standard InChI is InChI=1S/C9H13NO5S2/c1-6(11)2-3-10-17(14,15)8-4-7(5-16-8)9(12)13/h4-6,10-11H,2-3H2,1H3,(H,12,13). The van der Waals surface area contributed by atoms with E-state index in [2.05, 4.69) is 4.72 Å². The molecular formula is C9H13NO5S2. The van der Waals surface area contributed by atoms with E-state index in [-0.39, 0.29) is 16.3 Å². The number of aliphatic hydroxyl groups is 1. The summed E-state index contributed by atoms with van der Waals surface area (Å²) in [4.78, 5) is 10.6. The van der Waals surface area contributed by atoms with Crippen molar-refractivity contribution in [3.05, 3.63) is 17.0 Å². The van der Waals surface area contributed by atoms with Crippen molar-refractivity contribution in [2.45, 2.75) is 23.7 Å². The van der Waals surface area contributed by atoms with Gasteiger partial charge in [-0.05, 0) is 19.4 Å². The van der Waals surface area contributed by atoms with Crippen LogP contribution in [0.25, 0.3) is 0 Å². The summed E-state index contributed by atoms with van der Waals surface area (Å²) in [6.07, 6.45) is -0.285. The van der Waals surface area contributed by atoms with Gasteiger partial charge in [0.2, 0.25) is 10.0 Å². The van der Waals surface area contributed by atoms with Crippen molar-refractivity contribution in [2.24, 2.45) is 0 Å².